The van der Waals surface area contributed by atoms with E-state index in [0.29, 0.717) is 5.92 Å². The molecule has 2 aromatic rings. The minimum Gasteiger partial charge on any atom is -0.399 e. The predicted molar refractivity (Wildman–Crippen MR) is 82.6 cm³/mol. The molecule has 1 amide bonds. The SMILES string of the molecule is CC(C)C(C)N(C)C(=O)c1cc2cc(N)ccc2s1. The Hall–Kier alpha value is -1.55. The molecule has 0 aliphatic rings. The Morgan fingerprint density at radius 3 is 2.58 bits per heavy atom. The van der Waals surface area contributed by atoms with Crippen LogP contribution in [0.25, 0.3) is 10.1 Å². The van der Waals surface area contributed by atoms with Gasteiger partial charge in [0.2, 0.25) is 0 Å². The summed E-state index contributed by atoms with van der Waals surface area (Å²) in [4.78, 5) is 15.0. The second-order valence-electron chi connectivity index (χ2n) is 5.31. The number of carbonyl (C=O) groups excluding carboxylic acids is 1. The van der Waals surface area contributed by atoms with Gasteiger partial charge in [0.15, 0.2) is 0 Å². The van der Waals surface area contributed by atoms with E-state index in [9.17, 15) is 4.79 Å². The van der Waals surface area contributed by atoms with Crippen LogP contribution in [0.4, 0.5) is 5.69 Å². The number of fused-ring (bicyclic) bond motifs is 1. The Morgan fingerprint density at radius 1 is 1.26 bits per heavy atom. The molecule has 0 saturated carbocycles. The molecule has 1 atom stereocenters. The second kappa shape index (κ2) is 5.21. The van der Waals surface area contributed by atoms with Gasteiger partial charge in [-0.1, -0.05) is 13.8 Å². The first kappa shape index (κ1) is 13.9. The van der Waals surface area contributed by atoms with E-state index < -0.39 is 0 Å². The number of benzene rings is 1. The van der Waals surface area contributed by atoms with Crippen LogP contribution < -0.4 is 5.73 Å². The van der Waals surface area contributed by atoms with E-state index in [-0.39, 0.29) is 11.9 Å². The average Bonchev–Trinajstić information content (AvgIpc) is 2.78. The summed E-state index contributed by atoms with van der Waals surface area (Å²) >= 11 is 1.52. The third-order valence-electron chi connectivity index (χ3n) is 3.65. The Morgan fingerprint density at radius 2 is 1.95 bits per heavy atom. The van der Waals surface area contributed by atoms with E-state index in [0.717, 1.165) is 20.7 Å². The molecule has 4 heteroatoms. The van der Waals surface area contributed by atoms with Crippen LogP contribution in [0.1, 0.15) is 30.4 Å². The van der Waals surface area contributed by atoms with Crippen LogP contribution in [0, 0.1) is 5.92 Å². The predicted octanol–water partition coefficient (Wildman–Crippen LogP) is 3.60. The van der Waals surface area contributed by atoms with Crippen molar-refractivity contribution in [1.82, 2.24) is 4.90 Å². The lowest BCUT2D eigenvalue weighted by Crippen LogP contribution is -2.37. The summed E-state index contributed by atoms with van der Waals surface area (Å²) in [5.74, 6) is 0.528. The van der Waals surface area contributed by atoms with Crippen molar-refractivity contribution >= 4 is 33.0 Å². The summed E-state index contributed by atoms with van der Waals surface area (Å²) in [6, 6.07) is 7.91. The van der Waals surface area contributed by atoms with E-state index in [1.54, 1.807) is 0 Å². The van der Waals surface area contributed by atoms with Gasteiger partial charge in [0, 0.05) is 23.5 Å². The van der Waals surface area contributed by atoms with Gasteiger partial charge in [-0.05, 0) is 42.5 Å². The van der Waals surface area contributed by atoms with Crippen molar-refractivity contribution in [3.8, 4) is 0 Å². The highest BCUT2D eigenvalue weighted by Gasteiger charge is 2.21. The normalized spacial score (nSPS) is 12.9. The van der Waals surface area contributed by atoms with Gasteiger partial charge in [-0.3, -0.25) is 4.79 Å². The molecule has 19 heavy (non-hydrogen) atoms. The lowest BCUT2D eigenvalue weighted by Gasteiger charge is -2.27. The Bertz CT molecular complexity index is 603. The molecule has 1 unspecified atom stereocenters. The van der Waals surface area contributed by atoms with Gasteiger partial charge in [0.1, 0.15) is 0 Å². The molecular weight excluding hydrogens is 256 g/mol. The Balaban J connectivity index is 2.31. The number of hydrogen-bond acceptors (Lipinski definition) is 3. The molecule has 0 saturated heterocycles. The van der Waals surface area contributed by atoms with Crippen molar-refractivity contribution in [3.05, 3.63) is 29.1 Å². The zero-order valence-corrected chi connectivity index (χ0v) is 12.6. The van der Waals surface area contributed by atoms with Crippen LogP contribution in [0.3, 0.4) is 0 Å². The molecule has 1 heterocycles. The van der Waals surface area contributed by atoms with Crippen LogP contribution in [-0.4, -0.2) is 23.9 Å². The summed E-state index contributed by atoms with van der Waals surface area (Å²) in [5.41, 5.74) is 6.50. The van der Waals surface area contributed by atoms with E-state index in [1.807, 2.05) is 36.2 Å². The van der Waals surface area contributed by atoms with Gasteiger partial charge < -0.3 is 10.6 Å². The van der Waals surface area contributed by atoms with Crippen molar-refractivity contribution < 1.29 is 4.79 Å². The van der Waals surface area contributed by atoms with Crippen molar-refractivity contribution in [2.45, 2.75) is 26.8 Å². The smallest absolute Gasteiger partial charge is 0.263 e. The lowest BCUT2D eigenvalue weighted by atomic mass is 10.1. The summed E-state index contributed by atoms with van der Waals surface area (Å²) in [7, 11) is 1.87. The number of anilines is 1. The summed E-state index contributed by atoms with van der Waals surface area (Å²) in [5, 5.41) is 1.04. The molecule has 0 bridgehead atoms. The highest BCUT2D eigenvalue weighted by Crippen LogP contribution is 2.28. The molecular formula is C15H20N2OS. The molecule has 3 nitrogen and oxygen atoms in total. The van der Waals surface area contributed by atoms with Crippen LogP contribution in [0.2, 0.25) is 0 Å². The molecule has 0 radical (unpaired) electrons. The third-order valence-corrected chi connectivity index (χ3v) is 4.75. The zero-order valence-electron chi connectivity index (χ0n) is 11.8. The van der Waals surface area contributed by atoms with Crippen LogP contribution in [0.5, 0.6) is 0 Å². The number of thiophene rings is 1. The molecule has 0 fully saturated rings. The number of amides is 1. The van der Waals surface area contributed by atoms with Crippen LogP contribution in [-0.2, 0) is 0 Å². The number of nitrogen functional groups attached to an aromatic ring is 1. The lowest BCUT2D eigenvalue weighted by molar-refractivity contribution is 0.0712. The van der Waals surface area contributed by atoms with Gasteiger partial charge in [0.05, 0.1) is 4.88 Å². The van der Waals surface area contributed by atoms with Crippen molar-refractivity contribution in [2.75, 3.05) is 12.8 Å². The first-order chi connectivity index (χ1) is 8.90. The highest BCUT2D eigenvalue weighted by molar-refractivity contribution is 7.20. The van der Waals surface area contributed by atoms with Gasteiger partial charge in [0.25, 0.3) is 5.91 Å². The molecule has 1 aromatic heterocycles. The average molecular weight is 276 g/mol. The van der Waals surface area contributed by atoms with Gasteiger partial charge >= 0.3 is 0 Å². The first-order valence-electron chi connectivity index (χ1n) is 6.46. The van der Waals surface area contributed by atoms with Crippen molar-refractivity contribution in [1.29, 1.82) is 0 Å². The fourth-order valence-electron chi connectivity index (χ4n) is 1.97. The fraction of sp³-hybridized carbons (Fsp3) is 0.400. The minimum absolute atomic E-state index is 0.0842. The number of rotatable bonds is 3. The maximum Gasteiger partial charge on any atom is 0.263 e. The monoisotopic (exact) mass is 276 g/mol. The maximum atomic E-state index is 12.5. The molecule has 0 aliphatic carbocycles. The topological polar surface area (TPSA) is 46.3 Å². The zero-order chi connectivity index (χ0) is 14.2. The van der Waals surface area contributed by atoms with Crippen molar-refractivity contribution in [2.24, 2.45) is 5.92 Å². The summed E-state index contributed by atoms with van der Waals surface area (Å²) in [6.07, 6.45) is 0. The molecule has 1 aromatic carbocycles. The third kappa shape index (κ3) is 2.73. The van der Waals surface area contributed by atoms with Crippen LogP contribution >= 0.6 is 11.3 Å². The fourth-order valence-corrected chi connectivity index (χ4v) is 3.00. The highest BCUT2D eigenvalue weighted by atomic mass is 32.1. The van der Waals surface area contributed by atoms with Gasteiger partial charge in [-0.2, -0.15) is 0 Å². The van der Waals surface area contributed by atoms with E-state index in [1.165, 1.54) is 11.3 Å². The number of carbonyl (C=O) groups is 1. The molecule has 2 rings (SSSR count). The molecule has 0 aliphatic heterocycles. The van der Waals surface area contributed by atoms with Gasteiger partial charge in [-0.15, -0.1) is 11.3 Å². The second-order valence-corrected chi connectivity index (χ2v) is 6.39. The quantitative estimate of drug-likeness (QED) is 0.871. The number of nitrogens with two attached hydrogens (primary N) is 1. The van der Waals surface area contributed by atoms with Crippen molar-refractivity contribution in [3.63, 3.8) is 0 Å². The summed E-state index contributed by atoms with van der Waals surface area (Å²) < 4.78 is 1.10. The minimum atomic E-state index is 0.0842. The van der Waals surface area contributed by atoms with E-state index in [2.05, 4.69) is 20.8 Å². The van der Waals surface area contributed by atoms with Crippen LogP contribution in [0.15, 0.2) is 24.3 Å². The Kier molecular flexibility index (Phi) is 3.80. The standard InChI is InChI=1S/C15H20N2OS/c1-9(2)10(3)17(4)15(18)14-8-11-7-12(16)5-6-13(11)19-14/h5-10H,16H2,1-4H3. The molecule has 2 N–H and O–H groups in total. The first-order valence-corrected chi connectivity index (χ1v) is 7.28. The summed E-state index contributed by atoms with van der Waals surface area (Å²) in [6.45, 7) is 6.33. The molecule has 102 valence electrons. The van der Waals surface area contributed by atoms with Gasteiger partial charge in [-0.25, -0.2) is 0 Å². The number of hydrogen-bond donors (Lipinski definition) is 1. The largest absolute Gasteiger partial charge is 0.399 e. The maximum absolute atomic E-state index is 12.5. The van der Waals surface area contributed by atoms with E-state index >= 15 is 0 Å². The number of nitrogens with zero attached hydrogens (tertiary/aromatic N) is 1. The Labute approximate surface area is 118 Å². The molecule has 0 spiro atoms. The van der Waals surface area contributed by atoms with E-state index in [4.69, 9.17) is 5.73 Å².